The molecule has 0 saturated heterocycles. The quantitative estimate of drug-likeness (QED) is 0.897. The highest BCUT2D eigenvalue weighted by Gasteiger charge is 2.22. The summed E-state index contributed by atoms with van der Waals surface area (Å²) in [7, 11) is 0. The first-order chi connectivity index (χ1) is 8.63. The van der Waals surface area contributed by atoms with Crippen LogP contribution in [0.2, 0.25) is 0 Å². The minimum Gasteiger partial charge on any atom is -0.481 e. The van der Waals surface area contributed by atoms with E-state index in [0.717, 1.165) is 10.0 Å². The van der Waals surface area contributed by atoms with Crippen molar-refractivity contribution in [2.75, 3.05) is 6.54 Å². The first-order valence-electron chi connectivity index (χ1n) is 6.35. The van der Waals surface area contributed by atoms with Gasteiger partial charge in [-0.2, -0.15) is 0 Å². The van der Waals surface area contributed by atoms with Crippen molar-refractivity contribution >= 4 is 21.9 Å². The van der Waals surface area contributed by atoms with Gasteiger partial charge in [-0.1, -0.05) is 40.9 Å². The molecular weight excluding hydrogens is 294 g/mol. The maximum atomic E-state index is 11.1. The van der Waals surface area contributed by atoms with Crippen molar-refractivity contribution in [3.63, 3.8) is 0 Å². The fourth-order valence-corrected chi connectivity index (χ4v) is 3.43. The fourth-order valence-electron chi connectivity index (χ4n) is 2.71. The van der Waals surface area contributed by atoms with Gasteiger partial charge in [0.1, 0.15) is 0 Å². The molecule has 0 spiro atoms. The number of halogens is 1. The van der Waals surface area contributed by atoms with E-state index in [1.807, 2.05) is 12.1 Å². The third-order valence-electron chi connectivity index (χ3n) is 3.76. The number of hydrogen-bond acceptors (Lipinski definition) is 2. The Bertz CT molecular complexity index is 441. The van der Waals surface area contributed by atoms with Gasteiger partial charge in [0.25, 0.3) is 0 Å². The van der Waals surface area contributed by atoms with Crippen LogP contribution in [0.4, 0.5) is 0 Å². The van der Waals surface area contributed by atoms with Crippen LogP contribution in [-0.2, 0) is 4.79 Å². The molecule has 0 aliphatic heterocycles. The highest BCUT2D eigenvalue weighted by molar-refractivity contribution is 9.10. The molecule has 1 unspecified atom stereocenters. The molecule has 0 radical (unpaired) electrons. The number of carboxylic acids is 1. The molecule has 1 saturated carbocycles. The number of carboxylic acid groups (broad SMARTS) is 1. The van der Waals surface area contributed by atoms with Crippen LogP contribution in [-0.4, -0.2) is 17.6 Å². The van der Waals surface area contributed by atoms with Gasteiger partial charge in [0.05, 0.1) is 5.92 Å². The number of hydrogen-bond donors (Lipinski definition) is 2. The molecule has 98 valence electrons. The molecule has 0 amide bonds. The Labute approximate surface area is 116 Å². The maximum Gasteiger partial charge on any atom is 0.312 e. The average molecular weight is 312 g/mol. The molecule has 18 heavy (non-hydrogen) atoms. The highest BCUT2D eigenvalue weighted by atomic mass is 79.9. The molecule has 1 aliphatic rings. The molecule has 3 N–H and O–H groups in total. The second-order valence-corrected chi connectivity index (χ2v) is 5.74. The molecule has 2 rings (SSSR count). The van der Waals surface area contributed by atoms with E-state index < -0.39 is 11.9 Å². The summed E-state index contributed by atoms with van der Waals surface area (Å²) in [5.41, 5.74) is 7.60. The second-order valence-electron chi connectivity index (χ2n) is 4.89. The zero-order chi connectivity index (χ0) is 13.1. The predicted molar refractivity (Wildman–Crippen MR) is 74.8 cm³/mol. The second kappa shape index (κ2) is 5.85. The molecule has 1 aliphatic carbocycles. The number of carbonyl (C=O) groups is 1. The van der Waals surface area contributed by atoms with Crippen molar-refractivity contribution in [3.05, 3.63) is 33.8 Å². The first-order valence-corrected chi connectivity index (χ1v) is 7.15. The van der Waals surface area contributed by atoms with Crippen LogP contribution < -0.4 is 5.73 Å². The molecule has 1 fully saturated rings. The fraction of sp³-hybridized carbons (Fsp3) is 0.500. The molecule has 4 heteroatoms. The lowest BCUT2D eigenvalue weighted by Crippen LogP contribution is -2.21. The Balaban J connectivity index is 2.26. The predicted octanol–water partition coefficient (Wildman–Crippen LogP) is 3.23. The van der Waals surface area contributed by atoms with Crippen LogP contribution in [0.1, 0.15) is 48.6 Å². The monoisotopic (exact) mass is 311 g/mol. The Kier molecular flexibility index (Phi) is 4.40. The number of aliphatic carboxylic acids is 1. The zero-order valence-electron chi connectivity index (χ0n) is 10.2. The van der Waals surface area contributed by atoms with Crippen molar-refractivity contribution in [1.82, 2.24) is 0 Å². The van der Waals surface area contributed by atoms with Gasteiger partial charge in [-0.3, -0.25) is 4.79 Å². The lowest BCUT2D eigenvalue weighted by atomic mass is 9.93. The molecule has 1 aromatic carbocycles. The summed E-state index contributed by atoms with van der Waals surface area (Å²) in [5.74, 6) is -0.855. The Morgan fingerprint density at radius 2 is 2.11 bits per heavy atom. The maximum absolute atomic E-state index is 11.1. The van der Waals surface area contributed by atoms with E-state index in [1.54, 1.807) is 0 Å². The number of benzene rings is 1. The van der Waals surface area contributed by atoms with Gasteiger partial charge in [0.15, 0.2) is 0 Å². The van der Waals surface area contributed by atoms with E-state index in [1.165, 1.54) is 31.2 Å². The third-order valence-corrected chi connectivity index (χ3v) is 4.44. The Morgan fingerprint density at radius 1 is 1.44 bits per heavy atom. The summed E-state index contributed by atoms with van der Waals surface area (Å²) in [6.07, 6.45) is 5.05. The summed E-state index contributed by atoms with van der Waals surface area (Å²) in [4.78, 5) is 11.1. The smallest absolute Gasteiger partial charge is 0.312 e. The molecular formula is C14H18BrNO2. The van der Waals surface area contributed by atoms with Gasteiger partial charge in [-0.25, -0.2) is 0 Å². The van der Waals surface area contributed by atoms with Gasteiger partial charge in [-0.05, 0) is 36.0 Å². The summed E-state index contributed by atoms with van der Waals surface area (Å²) in [5, 5.41) is 9.10. The molecule has 0 aromatic heterocycles. The van der Waals surface area contributed by atoms with Crippen LogP contribution >= 0.6 is 15.9 Å². The average Bonchev–Trinajstić information content (AvgIpc) is 2.83. The highest BCUT2D eigenvalue weighted by Crippen LogP contribution is 2.38. The largest absolute Gasteiger partial charge is 0.481 e. The van der Waals surface area contributed by atoms with Crippen molar-refractivity contribution in [2.45, 2.75) is 37.5 Å². The van der Waals surface area contributed by atoms with Gasteiger partial charge in [0.2, 0.25) is 0 Å². The summed E-state index contributed by atoms with van der Waals surface area (Å²) < 4.78 is 1.02. The van der Waals surface area contributed by atoms with Gasteiger partial charge in [0, 0.05) is 11.0 Å². The Morgan fingerprint density at radius 3 is 2.61 bits per heavy atom. The summed E-state index contributed by atoms with van der Waals surface area (Å²) >= 11 is 3.57. The molecule has 3 nitrogen and oxygen atoms in total. The van der Waals surface area contributed by atoms with Gasteiger partial charge < -0.3 is 10.8 Å². The molecule has 0 heterocycles. The zero-order valence-corrected chi connectivity index (χ0v) is 11.8. The number of rotatable bonds is 4. The lowest BCUT2D eigenvalue weighted by Gasteiger charge is -2.16. The van der Waals surface area contributed by atoms with Crippen molar-refractivity contribution in [3.8, 4) is 0 Å². The van der Waals surface area contributed by atoms with Crippen molar-refractivity contribution < 1.29 is 9.90 Å². The van der Waals surface area contributed by atoms with Crippen LogP contribution in [0.25, 0.3) is 0 Å². The SMILES string of the molecule is NCC(C(=O)O)c1ccc(C2CCCC2)c(Br)c1. The summed E-state index contributed by atoms with van der Waals surface area (Å²) in [6, 6.07) is 5.88. The van der Waals surface area contributed by atoms with E-state index in [-0.39, 0.29) is 6.54 Å². The van der Waals surface area contributed by atoms with E-state index in [2.05, 4.69) is 22.0 Å². The van der Waals surface area contributed by atoms with E-state index in [0.29, 0.717) is 5.92 Å². The van der Waals surface area contributed by atoms with E-state index in [9.17, 15) is 4.79 Å². The topological polar surface area (TPSA) is 63.3 Å². The third kappa shape index (κ3) is 2.75. The number of nitrogens with two attached hydrogens (primary N) is 1. The molecule has 1 atom stereocenters. The first kappa shape index (κ1) is 13.6. The van der Waals surface area contributed by atoms with Gasteiger partial charge >= 0.3 is 5.97 Å². The molecule has 1 aromatic rings. The van der Waals surface area contributed by atoms with Crippen LogP contribution in [0, 0.1) is 0 Å². The van der Waals surface area contributed by atoms with Crippen molar-refractivity contribution in [2.24, 2.45) is 5.73 Å². The van der Waals surface area contributed by atoms with Crippen LogP contribution in [0.5, 0.6) is 0 Å². The normalized spacial score (nSPS) is 17.9. The van der Waals surface area contributed by atoms with Crippen LogP contribution in [0.15, 0.2) is 22.7 Å². The Hall–Kier alpha value is -0.870. The minimum absolute atomic E-state index is 0.130. The van der Waals surface area contributed by atoms with Crippen LogP contribution in [0.3, 0.4) is 0 Å². The summed E-state index contributed by atoms with van der Waals surface area (Å²) in [6.45, 7) is 0.130. The minimum atomic E-state index is -0.863. The van der Waals surface area contributed by atoms with Crippen molar-refractivity contribution in [1.29, 1.82) is 0 Å². The van der Waals surface area contributed by atoms with Gasteiger partial charge in [-0.15, -0.1) is 0 Å². The standard InChI is InChI=1S/C14H18BrNO2/c15-13-7-10(12(8-16)14(17)18)5-6-11(13)9-3-1-2-4-9/h5-7,9,12H,1-4,8,16H2,(H,17,18). The van der Waals surface area contributed by atoms with E-state index in [4.69, 9.17) is 10.8 Å². The molecule has 0 bridgehead atoms. The van der Waals surface area contributed by atoms with E-state index >= 15 is 0 Å². The lowest BCUT2D eigenvalue weighted by molar-refractivity contribution is -0.138.